The molecule has 9 nitrogen and oxygen atoms in total. The lowest BCUT2D eigenvalue weighted by molar-refractivity contribution is -0.144. The summed E-state index contributed by atoms with van der Waals surface area (Å²) in [4.78, 5) is 48.7. The predicted octanol–water partition coefficient (Wildman–Crippen LogP) is 0.607. The lowest BCUT2D eigenvalue weighted by atomic mass is 10.0. The molecule has 2 aliphatic rings. The summed E-state index contributed by atoms with van der Waals surface area (Å²) in [5.74, 6) is -0.532. The van der Waals surface area contributed by atoms with E-state index in [0.717, 1.165) is 11.8 Å². The van der Waals surface area contributed by atoms with Crippen molar-refractivity contribution < 1.29 is 28.7 Å². The van der Waals surface area contributed by atoms with E-state index in [2.05, 4.69) is 10.6 Å². The molecule has 0 aromatic heterocycles. The topological polar surface area (TPSA) is 114 Å². The third-order valence-corrected chi connectivity index (χ3v) is 4.58. The van der Waals surface area contributed by atoms with Gasteiger partial charge in [0.15, 0.2) is 0 Å². The van der Waals surface area contributed by atoms with Gasteiger partial charge in [-0.25, -0.2) is 9.59 Å². The first kappa shape index (κ1) is 19.1. The van der Waals surface area contributed by atoms with Crippen LogP contribution in [0.1, 0.15) is 20.3 Å². The Bertz CT molecular complexity index is 606. The molecule has 0 radical (unpaired) electrons. The molecule has 1 saturated heterocycles. The van der Waals surface area contributed by atoms with Crippen molar-refractivity contribution in [2.45, 2.75) is 26.3 Å². The van der Waals surface area contributed by atoms with Crippen LogP contribution in [0.5, 0.6) is 0 Å². The first-order valence-electron chi connectivity index (χ1n) is 8.01. The predicted molar refractivity (Wildman–Crippen MR) is 89.8 cm³/mol. The van der Waals surface area contributed by atoms with Crippen LogP contribution in [0.4, 0.5) is 9.59 Å². The molecular formula is C15H21N3O6S. The molecule has 2 aliphatic heterocycles. The van der Waals surface area contributed by atoms with Crippen molar-refractivity contribution >= 4 is 35.0 Å². The van der Waals surface area contributed by atoms with Crippen molar-refractivity contribution in [3.05, 3.63) is 11.3 Å². The molecule has 25 heavy (non-hydrogen) atoms. The number of carbonyl (C=O) groups is 4. The Morgan fingerprint density at radius 2 is 2.04 bits per heavy atom. The molecule has 0 aromatic carbocycles. The molecule has 0 aromatic rings. The normalized spacial score (nSPS) is 20.2. The first-order chi connectivity index (χ1) is 12.0. The number of thioether (sulfide) groups is 1. The highest BCUT2D eigenvalue weighted by Crippen LogP contribution is 2.18. The third-order valence-electron chi connectivity index (χ3n) is 3.69. The Balaban J connectivity index is 2.06. The Labute approximate surface area is 149 Å². The molecule has 138 valence electrons. The second-order valence-corrected chi connectivity index (χ2v) is 6.41. The summed E-state index contributed by atoms with van der Waals surface area (Å²) in [5, 5.41) is 4.97. The lowest BCUT2D eigenvalue weighted by Gasteiger charge is -2.28. The van der Waals surface area contributed by atoms with Gasteiger partial charge in [0, 0.05) is 12.3 Å². The Morgan fingerprint density at radius 1 is 1.28 bits per heavy atom. The maximum absolute atomic E-state index is 12.2. The van der Waals surface area contributed by atoms with Gasteiger partial charge >= 0.3 is 18.0 Å². The lowest BCUT2D eigenvalue weighted by Crippen LogP contribution is -2.51. The maximum Gasteiger partial charge on any atom is 0.338 e. The van der Waals surface area contributed by atoms with E-state index >= 15 is 0 Å². The van der Waals surface area contributed by atoms with Crippen LogP contribution < -0.4 is 10.6 Å². The van der Waals surface area contributed by atoms with E-state index < -0.39 is 24.0 Å². The zero-order valence-corrected chi connectivity index (χ0v) is 14.9. The molecule has 2 rings (SSSR count). The van der Waals surface area contributed by atoms with E-state index in [1.165, 1.54) is 4.90 Å². The van der Waals surface area contributed by atoms with Crippen molar-refractivity contribution in [3.8, 4) is 0 Å². The van der Waals surface area contributed by atoms with Crippen molar-refractivity contribution in [1.82, 2.24) is 15.5 Å². The summed E-state index contributed by atoms with van der Waals surface area (Å²) in [6, 6.07) is -0.991. The van der Waals surface area contributed by atoms with Gasteiger partial charge in [-0.1, -0.05) is 18.7 Å². The molecule has 0 bridgehead atoms. The van der Waals surface area contributed by atoms with E-state index in [1.807, 2.05) is 6.92 Å². The van der Waals surface area contributed by atoms with Gasteiger partial charge < -0.3 is 25.0 Å². The second kappa shape index (κ2) is 8.75. The minimum atomic E-state index is -0.604. The number of ether oxygens (including phenoxy) is 2. The van der Waals surface area contributed by atoms with Crippen molar-refractivity contribution in [3.63, 3.8) is 0 Å². The summed E-state index contributed by atoms with van der Waals surface area (Å²) in [7, 11) is 0. The number of nitrogens with one attached hydrogen (secondary N) is 2. The van der Waals surface area contributed by atoms with Crippen LogP contribution in [0.15, 0.2) is 11.3 Å². The largest absolute Gasteiger partial charge is 0.463 e. The standard InChI is InChI=1S/C15H21N3O6S/c1-3-9-12(13(20)23-4-2)10(17-14(21)16-9)8-24-11(19)7-18-5-6-25-15(18)22/h9H,3-8H2,1-2H3,(H2,16,17,21)/t9-/m0/s1. The Morgan fingerprint density at radius 3 is 2.64 bits per heavy atom. The highest BCUT2D eigenvalue weighted by molar-refractivity contribution is 8.13. The van der Waals surface area contributed by atoms with Gasteiger partial charge in [-0.3, -0.25) is 9.59 Å². The molecule has 10 heteroatoms. The molecule has 1 fully saturated rings. The average Bonchev–Trinajstić information content (AvgIpc) is 2.97. The van der Waals surface area contributed by atoms with Crippen molar-refractivity contribution in [2.75, 3.05) is 32.1 Å². The van der Waals surface area contributed by atoms with Crippen LogP contribution in [0, 0.1) is 0 Å². The van der Waals surface area contributed by atoms with E-state index in [0.29, 0.717) is 18.7 Å². The summed E-state index contributed by atoms with van der Waals surface area (Å²) >= 11 is 1.15. The quantitative estimate of drug-likeness (QED) is 0.630. The van der Waals surface area contributed by atoms with Gasteiger partial charge in [0.05, 0.1) is 23.9 Å². The van der Waals surface area contributed by atoms with Crippen molar-refractivity contribution in [2.24, 2.45) is 0 Å². The maximum atomic E-state index is 12.2. The summed E-state index contributed by atoms with van der Waals surface area (Å²) in [6.45, 7) is 3.75. The van der Waals surface area contributed by atoms with Crippen molar-refractivity contribution in [1.29, 1.82) is 0 Å². The number of hydrogen-bond donors (Lipinski definition) is 2. The fourth-order valence-electron chi connectivity index (χ4n) is 2.50. The van der Waals surface area contributed by atoms with Crippen LogP contribution >= 0.6 is 11.8 Å². The summed E-state index contributed by atoms with van der Waals surface area (Å²) in [5.41, 5.74) is 0.439. The Kier molecular flexibility index (Phi) is 6.68. The van der Waals surface area contributed by atoms with Crippen LogP contribution in [0.2, 0.25) is 0 Å². The number of urea groups is 1. The second-order valence-electron chi connectivity index (χ2n) is 5.37. The molecule has 2 heterocycles. The number of amides is 3. The highest BCUT2D eigenvalue weighted by atomic mass is 32.2. The number of carbonyl (C=O) groups excluding carboxylic acids is 4. The molecule has 0 spiro atoms. The molecule has 0 aliphatic carbocycles. The minimum Gasteiger partial charge on any atom is -0.463 e. The number of rotatable bonds is 7. The van der Waals surface area contributed by atoms with Gasteiger partial charge in [-0.2, -0.15) is 0 Å². The SMILES string of the molecule is CCOC(=O)C1=C(COC(=O)CN2CCSC2=O)NC(=O)N[C@H]1CC. The minimum absolute atomic E-state index is 0.156. The van der Waals surface area contributed by atoms with Gasteiger partial charge in [0.1, 0.15) is 13.2 Å². The fraction of sp³-hybridized carbons (Fsp3) is 0.600. The fourth-order valence-corrected chi connectivity index (χ4v) is 3.32. The molecule has 0 saturated carbocycles. The molecule has 2 N–H and O–H groups in total. The average molecular weight is 371 g/mol. The van der Waals surface area contributed by atoms with Gasteiger partial charge in [0.2, 0.25) is 0 Å². The summed E-state index contributed by atoms with van der Waals surface area (Å²) in [6.07, 6.45) is 0.485. The highest BCUT2D eigenvalue weighted by Gasteiger charge is 2.32. The van der Waals surface area contributed by atoms with E-state index in [9.17, 15) is 19.2 Å². The molecule has 0 unspecified atom stereocenters. The summed E-state index contributed by atoms with van der Waals surface area (Å²) < 4.78 is 10.2. The molecule has 1 atom stereocenters. The molecular weight excluding hydrogens is 350 g/mol. The van der Waals surface area contributed by atoms with Crippen LogP contribution in [-0.4, -0.2) is 66.2 Å². The van der Waals surface area contributed by atoms with Gasteiger partial charge in [-0.15, -0.1) is 0 Å². The van der Waals surface area contributed by atoms with E-state index in [1.54, 1.807) is 6.92 Å². The van der Waals surface area contributed by atoms with Gasteiger partial charge in [-0.05, 0) is 13.3 Å². The molecule has 3 amide bonds. The van der Waals surface area contributed by atoms with E-state index in [4.69, 9.17) is 9.47 Å². The smallest absolute Gasteiger partial charge is 0.338 e. The Hall–Kier alpha value is -2.23. The van der Waals surface area contributed by atoms with Crippen LogP contribution in [-0.2, 0) is 19.1 Å². The number of nitrogens with zero attached hydrogens (tertiary/aromatic N) is 1. The number of esters is 2. The van der Waals surface area contributed by atoms with Crippen LogP contribution in [0.3, 0.4) is 0 Å². The zero-order valence-electron chi connectivity index (χ0n) is 14.1. The monoisotopic (exact) mass is 371 g/mol. The zero-order chi connectivity index (χ0) is 18.4. The number of hydrogen-bond acceptors (Lipinski definition) is 7. The first-order valence-corrected chi connectivity index (χ1v) is 8.99. The third kappa shape index (κ3) is 4.88. The van der Waals surface area contributed by atoms with E-state index in [-0.39, 0.29) is 36.3 Å². The van der Waals surface area contributed by atoms with Gasteiger partial charge in [0.25, 0.3) is 5.24 Å². The van der Waals surface area contributed by atoms with Crippen LogP contribution in [0.25, 0.3) is 0 Å².